The molecule has 0 fully saturated rings. The van der Waals surface area contributed by atoms with Gasteiger partial charge in [-0.15, -0.1) is 0 Å². The van der Waals surface area contributed by atoms with Crippen molar-refractivity contribution in [1.29, 1.82) is 0 Å². The maximum Gasteiger partial charge on any atom is 0.147 e. The van der Waals surface area contributed by atoms with Crippen molar-refractivity contribution in [3.05, 3.63) is 218 Å². The molecule has 0 radical (unpaired) electrons. The Labute approximate surface area is 346 Å². The van der Waals surface area contributed by atoms with E-state index in [4.69, 9.17) is 8.83 Å². The third-order valence-corrected chi connectivity index (χ3v) is 11.7. The van der Waals surface area contributed by atoms with Gasteiger partial charge in [-0.25, -0.2) is 0 Å². The molecular weight excluding hydrogens is 733 g/mol. The van der Waals surface area contributed by atoms with Gasteiger partial charge in [-0.1, -0.05) is 115 Å². The van der Waals surface area contributed by atoms with Gasteiger partial charge in [-0.2, -0.15) is 0 Å². The fraction of sp³-hybridized carbons (Fsp3) is 0. The number of furan rings is 2. The summed E-state index contributed by atoms with van der Waals surface area (Å²) < 4.78 is 13.9. The number of para-hydroxylation sites is 4. The smallest absolute Gasteiger partial charge is 0.147 e. The first-order valence-electron chi connectivity index (χ1n) is 20.3. The normalized spacial score (nSPS) is 11.7. The van der Waals surface area contributed by atoms with E-state index >= 15 is 0 Å². The van der Waals surface area contributed by atoms with Gasteiger partial charge in [0.2, 0.25) is 0 Å². The number of hydrogen-bond donors (Lipinski definition) is 0. The molecule has 2 heterocycles. The summed E-state index contributed by atoms with van der Waals surface area (Å²) in [6.07, 6.45) is 0. The second-order valence-corrected chi connectivity index (χ2v) is 15.3. The summed E-state index contributed by atoms with van der Waals surface area (Å²) in [5, 5.41) is 8.80. The molecule has 10 aromatic carbocycles. The molecule has 12 aromatic rings. The SMILES string of the molecule is c1ccc(-c2c3oc4cc5cc(N(c6ccccc6)c6ccccc6)ccc5cc4c3cc3c2oc2cc4cc(N(c5ccccc5)c5ccccc5)ccc4cc23)cc1. The minimum absolute atomic E-state index is 0.821. The molecule has 0 saturated carbocycles. The number of fused-ring (bicyclic) bond motifs is 8. The van der Waals surface area contributed by atoms with Gasteiger partial charge < -0.3 is 18.6 Å². The molecule has 0 spiro atoms. The van der Waals surface area contributed by atoms with Crippen LogP contribution in [0, 0.1) is 0 Å². The van der Waals surface area contributed by atoms with Crippen LogP contribution < -0.4 is 9.80 Å². The molecule has 60 heavy (non-hydrogen) atoms. The number of anilines is 6. The Morgan fingerprint density at radius 1 is 0.267 bits per heavy atom. The predicted octanol–water partition coefficient (Wildman–Crippen LogP) is 16.4. The summed E-state index contributed by atoms with van der Waals surface area (Å²) in [7, 11) is 0. The minimum atomic E-state index is 0.821. The van der Waals surface area contributed by atoms with Gasteiger partial charge in [0, 0.05) is 55.7 Å². The molecule has 0 saturated heterocycles. The highest BCUT2D eigenvalue weighted by atomic mass is 16.3. The number of nitrogens with zero attached hydrogens (tertiary/aromatic N) is 2. The lowest BCUT2D eigenvalue weighted by molar-refractivity contribution is 0.658. The average molecular weight is 769 g/mol. The maximum atomic E-state index is 6.94. The number of benzene rings is 10. The van der Waals surface area contributed by atoms with Crippen LogP contribution in [-0.4, -0.2) is 0 Å². The molecular formula is C56H36N2O2. The van der Waals surface area contributed by atoms with Gasteiger partial charge in [0.05, 0.1) is 5.56 Å². The molecule has 0 aliphatic heterocycles. The van der Waals surface area contributed by atoms with Crippen molar-refractivity contribution in [1.82, 2.24) is 0 Å². The monoisotopic (exact) mass is 768 g/mol. The third-order valence-electron chi connectivity index (χ3n) is 11.7. The molecule has 0 N–H and O–H groups in total. The topological polar surface area (TPSA) is 32.8 Å². The van der Waals surface area contributed by atoms with Crippen LogP contribution in [0.5, 0.6) is 0 Å². The quantitative estimate of drug-likeness (QED) is 0.162. The highest BCUT2D eigenvalue weighted by Crippen LogP contribution is 2.47. The van der Waals surface area contributed by atoms with E-state index in [1.54, 1.807) is 0 Å². The molecule has 0 amide bonds. The average Bonchev–Trinajstić information content (AvgIpc) is 3.85. The lowest BCUT2D eigenvalue weighted by Crippen LogP contribution is -2.09. The predicted molar refractivity (Wildman–Crippen MR) is 251 cm³/mol. The number of hydrogen-bond acceptors (Lipinski definition) is 4. The van der Waals surface area contributed by atoms with Crippen molar-refractivity contribution in [2.45, 2.75) is 0 Å². The fourth-order valence-corrected chi connectivity index (χ4v) is 8.95. The van der Waals surface area contributed by atoms with E-state index in [-0.39, 0.29) is 0 Å². The molecule has 0 aliphatic rings. The highest BCUT2D eigenvalue weighted by molar-refractivity contribution is 6.24. The Morgan fingerprint density at radius 3 is 1.02 bits per heavy atom. The van der Waals surface area contributed by atoms with Gasteiger partial charge in [0.25, 0.3) is 0 Å². The maximum absolute atomic E-state index is 6.94. The first-order chi connectivity index (χ1) is 29.7. The van der Waals surface area contributed by atoms with Crippen molar-refractivity contribution in [3.8, 4) is 11.1 Å². The summed E-state index contributed by atoms with van der Waals surface area (Å²) in [6, 6.07) is 77.2. The van der Waals surface area contributed by atoms with Gasteiger partial charge in [0.1, 0.15) is 22.3 Å². The van der Waals surface area contributed by atoms with Crippen LogP contribution in [0.1, 0.15) is 0 Å². The Bertz CT molecular complexity index is 3230. The summed E-state index contributed by atoms with van der Waals surface area (Å²) in [5.74, 6) is 0. The van der Waals surface area contributed by atoms with E-state index in [2.05, 4.69) is 228 Å². The zero-order valence-corrected chi connectivity index (χ0v) is 32.5. The van der Waals surface area contributed by atoms with Crippen LogP contribution in [0.2, 0.25) is 0 Å². The second kappa shape index (κ2) is 13.8. The van der Waals surface area contributed by atoms with Crippen LogP contribution in [0.15, 0.2) is 227 Å². The van der Waals surface area contributed by atoms with Crippen LogP contribution in [0.3, 0.4) is 0 Å². The molecule has 4 heteroatoms. The van der Waals surface area contributed by atoms with Crippen molar-refractivity contribution < 1.29 is 8.83 Å². The lowest BCUT2D eigenvalue weighted by Gasteiger charge is -2.25. The molecule has 0 unspecified atom stereocenters. The fourth-order valence-electron chi connectivity index (χ4n) is 8.95. The van der Waals surface area contributed by atoms with Crippen LogP contribution in [0.4, 0.5) is 34.1 Å². The number of rotatable bonds is 7. The zero-order valence-electron chi connectivity index (χ0n) is 32.5. The van der Waals surface area contributed by atoms with Crippen molar-refractivity contribution in [3.63, 3.8) is 0 Å². The molecule has 4 nitrogen and oxygen atoms in total. The first-order valence-corrected chi connectivity index (χ1v) is 20.3. The van der Waals surface area contributed by atoms with Crippen LogP contribution >= 0.6 is 0 Å². The summed E-state index contributed by atoms with van der Waals surface area (Å²) >= 11 is 0. The van der Waals surface area contributed by atoms with E-state index < -0.39 is 0 Å². The Morgan fingerprint density at radius 2 is 0.633 bits per heavy atom. The molecule has 0 atom stereocenters. The second-order valence-electron chi connectivity index (χ2n) is 15.3. The van der Waals surface area contributed by atoms with Crippen molar-refractivity contribution >= 4 is 99.5 Å². The van der Waals surface area contributed by atoms with E-state index in [0.717, 1.165) is 111 Å². The summed E-state index contributed by atoms with van der Waals surface area (Å²) in [4.78, 5) is 4.59. The first kappa shape index (κ1) is 34.0. The third kappa shape index (κ3) is 5.61. The summed E-state index contributed by atoms with van der Waals surface area (Å²) in [6.45, 7) is 0. The van der Waals surface area contributed by atoms with Gasteiger partial charge in [0.15, 0.2) is 0 Å². The van der Waals surface area contributed by atoms with E-state index in [0.29, 0.717) is 0 Å². The lowest BCUT2D eigenvalue weighted by atomic mass is 9.97. The molecule has 282 valence electrons. The molecule has 2 aromatic heterocycles. The van der Waals surface area contributed by atoms with Gasteiger partial charge in [-0.3, -0.25) is 0 Å². The summed E-state index contributed by atoms with van der Waals surface area (Å²) in [5.41, 5.74) is 11.9. The van der Waals surface area contributed by atoms with E-state index in [9.17, 15) is 0 Å². The standard InChI is InChI=1S/C56H36N2O2/c1-6-16-37(17-7-1)54-55-50(48-32-38-26-28-46(30-40(38)34-52(48)59-55)57(42-18-8-2-9-19-42)43-20-10-3-11-21-43)36-51-49-33-39-27-29-47(31-41(39)35-53(49)60-56(51)54)58(44-22-12-4-13-23-44)45-24-14-5-15-25-45/h1-36H. The van der Waals surface area contributed by atoms with Gasteiger partial charge in [-0.05, 0) is 130 Å². The molecule has 0 aliphatic carbocycles. The largest absolute Gasteiger partial charge is 0.455 e. The van der Waals surface area contributed by atoms with Gasteiger partial charge >= 0.3 is 0 Å². The van der Waals surface area contributed by atoms with Crippen molar-refractivity contribution in [2.24, 2.45) is 0 Å². The Balaban J connectivity index is 1.04. The van der Waals surface area contributed by atoms with E-state index in [1.165, 1.54) is 0 Å². The van der Waals surface area contributed by atoms with Crippen molar-refractivity contribution in [2.75, 3.05) is 9.80 Å². The Kier molecular flexibility index (Phi) is 7.82. The Hall–Kier alpha value is -8.08. The van der Waals surface area contributed by atoms with Crippen LogP contribution in [0.25, 0.3) is 76.5 Å². The van der Waals surface area contributed by atoms with Crippen LogP contribution in [-0.2, 0) is 0 Å². The highest BCUT2D eigenvalue weighted by Gasteiger charge is 2.23. The van der Waals surface area contributed by atoms with E-state index in [1.807, 2.05) is 0 Å². The molecule has 12 rings (SSSR count). The minimum Gasteiger partial charge on any atom is -0.455 e. The molecule has 0 bridgehead atoms. The zero-order chi connectivity index (χ0) is 39.6.